The lowest BCUT2D eigenvalue weighted by Gasteiger charge is -2.09. The minimum atomic E-state index is -0.952. The molecular formula is C10H10ClFO2. The maximum Gasteiger partial charge on any atom is 0.310 e. The van der Waals surface area contributed by atoms with Crippen molar-refractivity contribution in [2.75, 3.05) is 0 Å². The Kier molecular flexibility index (Phi) is 3.11. The number of hydrogen-bond acceptors (Lipinski definition) is 1. The van der Waals surface area contributed by atoms with E-state index < -0.39 is 17.7 Å². The van der Waals surface area contributed by atoms with E-state index in [0.717, 1.165) is 0 Å². The summed E-state index contributed by atoms with van der Waals surface area (Å²) in [6.45, 7) is 3.09. The summed E-state index contributed by atoms with van der Waals surface area (Å²) in [4.78, 5) is 10.7. The van der Waals surface area contributed by atoms with E-state index in [9.17, 15) is 9.18 Å². The molecule has 0 bridgehead atoms. The highest BCUT2D eigenvalue weighted by atomic mass is 35.5. The zero-order valence-electron chi connectivity index (χ0n) is 7.84. The number of carboxylic acid groups (broad SMARTS) is 1. The quantitative estimate of drug-likeness (QED) is 0.825. The molecule has 1 N–H and O–H groups in total. The van der Waals surface area contributed by atoms with Crippen molar-refractivity contribution in [2.45, 2.75) is 19.8 Å². The predicted molar refractivity (Wildman–Crippen MR) is 52.2 cm³/mol. The number of aliphatic carboxylic acids is 1. The van der Waals surface area contributed by atoms with Crippen LogP contribution in [-0.2, 0) is 4.79 Å². The molecule has 0 aliphatic rings. The number of hydrogen-bond donors (Lipinski definition) is 1. The maximum atomic E-state index is 13.1. The molecule has 0 aliphatic heterocycles. The lowest BCUT2D eigenvalue weighted by molar-refractivity contribution is -0.138. The summed E-state index contributed by atoms with van der Waals surface area (Å²) in [5.41, 5.74) is 0.877. The van der Waals surface area contributed by atoms with Crippen molar-refractivity contribution in [3.63, 3.8) is 0 Å². The maximum absolute atomic E-state index is 13.1. The van der Waals surface area contributed by atoms with Gasteiger partial charge in [-0.1, -0.05) is 17.7 Å². The van der Waals surface area contributed by atoms with Gasteiger partial charge in [0.2, 0.25) is 0 Å². The molecule has 1 aromatic carbocycles. The number of carbonyl (C=O) groups is 1. The van der Waals surface area contributed by atoms with Gasteiger partial charge in [0.05, 0.1) is 10.9 Å². The zero-order valence-corrected chi connectivity index (χ0v) is 8.60. The van der Waals surface area contributed by atoms with Gasteiger partial charge in [0.25, 0.3) is 0 Å². The normalized spacial score (nSPS) is 12.6. The number of aryl methyl sites for hydroxylation is 1. The molecule has 0 spiro atoms. The zero-order chi connectivity index (χ0) is 10.9. The van der Waals surface area contributed by atoms with Crippen LogP contribution >= 0.6 is 11.6 Å². The average Bonchev–Trinajstić information content (AvgIpc) is 2.12. The molecule has 0 aromatic heterocycles. The average molecular weight is 217 g/mol. The van der Waals surface area contributed by atoms with E-state index in [1.54, 1.807) is 6.92 Å². The molecule has 76 valence electrons. The fourth-order valence-electron chi connectivity index (χ4n) is 1.15. The number of halogens is 2. The standard InChI is InChI=1S/C10H10ClFO2/c1-5-3-7(6(2)10(13)14)4-8(11)9(5)12/h3-4,6H,1-2H3,(H,13,14). The third kappa shape index (κ3) is 2.04. The first-order chi connectivity index (χ1) is 6.43. The number of rotatable bonds is 2. The van der Waals surface area contributed by atoms with Gasteiger partial charge >= 0.3 is 5.97 Å². The monoisotopic (exact) mass is 216 g/mol. The van der Waals surface area contributed by atoms with Crippen molar-refractivity contribution in [2.24, 2.45) is 0 Å². The van der Waals surface area contributed by atoms with E-state index in [0.29, 0.717) is 11.1 Å². The minimum Gasteiger partial charge on any atom is -0.481 e. The summed E-state index contributed by atoms with van der Waals surface area (Å²) in [6.07, 6.45) is 0. The summed E-state index contributed by atoms with van der Waals surface area (Å²) in [5.74, 6) is -2.12. The Labute approximate surface area is 86.3 Å². The molecule has 14 heavy (non-hydrogen) atoms. The third-order valence-electron chi connectivity index (χ3n) is 2.10. The topological polar surface area (TPSA) is 37.3 Å². The lowest BCUT2D eigenvalue weighted by Crippen LogP contribution is -2.08. The second-order valence-corrected chi connectivity index (χ2v) is 3.60. The van der Waals surface area contributed by atoms with Crippen molar-refractivity contribution in [3.8, 4) is 0 Å². The first-order valence-electron chi connectivity index (χ1n) is 4.12. The molecule has 1 atom stereocenters. The Morgan fingerprint density at radius 1 is 1.57 bits per heavy atom. The van der Waals surface area contributed by atoms with E-state index >= 15 is 0 Å². The highest BCUT2D eigenvalue weighted by Gasteiger charge is 2.16. The SMILES string of the molecule is Cc1cc(C(C)C(=O)O)cc(Cl)c1F. The number of benzene rings is 1. The summed E-state index contributed by atoms with van der Waals surface area (Å²) >= 11 is 5.60. The first-order valence-corrected chi connectivity index (χ1v) is 4.49. The van der Waals surface area contributed by atoms with Gasteiger partial charge in [0, 0.05) is 0 Å². The lowest BCUT2D eigenvalue weighted by atomic mass is 9.99. The smallest absolute Gasteiger partial charge is 0.310 e. The second-order valence-electron chi connectivity index (χ2n) is 3.19. The molecule has 1 aromatic rings. The van der Waals surface area contributed by atoms with Gasteiger partial charge < -0.3 is 5.11 Å². The fraction of sp³-hybridized carbons (Fsp3) is 0.300. The Bertz CT molecular complexity index is 353. The van der Waals surface area contributed by atoms with E-state index in [1.807, 2.05) is 0 Å². The molecule has 0 radical (unpaired) electrons. The molecule has 0 amide bonds. The van der Waals surface area contributed by atoms with Crippen LogP contribution in [0, 0.1) is 12.7 Å². The molecule has 0 saturated heterocycles. The van der Waals surface area contributed by atoms with E-state index in [2.05, 4.69) is 0 Å². The molecule has 0 saturated carbocycles. The van der Waals surface area contributed by atoms with Crippen molar-refractivity contribution < 1.29 is 14.3 Å². The van der Waals surface area contributed by atoms with Crippen LogP contribution in [0.3, 0.4) is 0 Å². The summed E-state index contributed by atoms with van der Waals surface area (Å²) in [5, 5.41) is 8.72. The van der Waals surface area contributed by atoms with Gasteiger partial charge in [-0.3, -0.25) is 4.79 Å². The van der Waals surface area contributed by atoms with Crippen LogP contribution in [-0.4, -0.2) is 11.1 Å². The summed E-state index contributed by atoms with van der Waals surface area (Å²) in [6, 6.07) is 2.85. The van der Waals surface area contributed by atoms with Gasteiger partial charge in [0.1, 0.15) is 5.82 Å². The third-order valence-corrected chi connectivity index (χ3v) is 2.38. The predicted octanol–water partition coefficient (Wildman–Crippen LogP) is 2.98. The molecule has 0 fully saturated rings. The number of carboxylic acids is 1. The molecule has 1 unspecified atom stereocenters. The van der Waals surface area contributed by atoms with E-state index in [-0.39, 0.29) is 5.02 Å². The highest BCUT2D eigenvalue weighted by Crippen LogP contribution is 2.25. The van der Waals surface area contributed by atoms with Gasteiger partial charge in [0.15, 0.2) is 0 Å². The van der Waals surface area contributed by atoms with Crippen molar-refractivity contribution >= 4 is 17.6 Å². The van der Waals surface area contributed by atoms with Gasteiger partial charge in [-0.2, -0.15) is 0 Å². The first kappa shape index (κ1) is 11.0. The molecule has 0 aliphatic carbocycles. The van der Waals surface area contributed by atoms with Gasteiger partial charge in [-0.05, 0) is 31.0 Å². The fourth-order valence-corrected chi connectivity index (χ4v) is 1.42. The Balaban J connectivity index is 3.19. The Morgan fingerprint density at radius 2 is 2.14 bits per heavy atom. The molecule has 2 nitrogen and oxygen atoms in total. The molecule has 4 heteroatoms. The minimum absolute atomic E-state index is 0.0342. The van der Waals surface area contributed by atoms with Crippen molar-refractivity contribution in [1.82, 2.24) is 0 Å². The van der Waals surface area contributed by atoms with Crippen LogP contribution in [0.15, 0.2) is 12.1 Å². The summed E-state index contributed by atoms with van der Waals surface area (Å²) < 4.78 is 13.1. The molecule has 1 rings (SSSR count). The van der Waals surface area contributed by atoms with Crippen molar-refractivity contribution in [1.29, 1.82) is 0 Å². The van der Waals surface area contributed by atoms with Crippen LogP contribution in [0.1, 0.15) is 24.0 Å². The molecular weight excluding hydrogens is 207 g/mol. The van der Waals surface area contributed by atoms with Crippen LogP contribution < -0.4 is 0 Å². The highest BCUT2D eigenvalue weighted by molar-refractivity contribution is 6.30. The van der Waals surface area contributed by atoms with Gasteiger partial charge in [-0.15, -0.1) is 0 Å². The summed E-state index contributed by atoms with van der Waals surface area (Å²) in [7, 11) is 0. The second kappa shape index (κ2) is 3.96. The Morgan fingerprint density at radius 3 is 2.57 bits per heavy atom. The van der Waals surface area contributed by atoms with Crippen molar-refractivity contribution in [3.05, 3.63) is 34.1 Å². The van der Waals surface area contributed by atoms with Gasteiger partial charge in [-0.25, -0.2) is 4.39 Å². The van der Waals surface area contributed by atoms with Crippen LogP contribution in [0.4, 0.5) is 4.39 Å². The molecule has 0 heterocycles. The van der Waals surface area contributed by atoms with E-state index in [1.165, 1.54) is 19.1 Å². The largest absolute Gasteiger partial charge is 0.481 e. The van der Waals surface area contributed by atoms with Crippen LogP contribution in [0.2, 0.25) is 5.02 Å². The van der Waals surface area contributed by atoms with E-state index in [4.69, 9.17) is 16.7 Å². The van der Waals surface area contributed by atoms with Crippen LogP contribution in [0.25, 0.3) is 0 Å². The van der Waals surface area contributed by atoms with Crippen LogP contribution in [0.5, 0.6) is 0 Å². The Hall–Kier alpha value is -1.09.